The van der Waals surface area contributed by atoms with Crippen LogP contribution in [0.5, 0.6) is 11.5 Å². The summed E-state index contributed by atoms with van der Waals surface area (Å²) in [6.07, 6.45) is 5.94. The highest BCUT2D eigenvalue weighted by atomic mass is 16.5. The summed E-state index contributed by atoms with van der Waals surface area (Å²) in [5, 5.41) is 7.07. The van der Waals surface area contributed by atoms with Gasteiger partial charge < -0.3 is 4.74 Å². The van der Waals surface area contributed by atoms with Gasteiger partial charge in [-0.1, -0.05) is 50.2 Å². The van der Waals surface area contributed by atoms with Crippen LogP contribution in [0.1, 0.15) is 42.0 Å². The Morgan fingerprint density at radius 3 is 2.33 bits per heavy atom. The lowest BCUT2D eigenvalue weighted by molar-refractivity contribution is 0.482. The molecule has 0 aliphatic rings. The molecule has 0 aliphatic carbocycles. The van der Waals surface area contributed by atoms with Crippen LogP contribution in [-0.4, -0.2) is 19.3 Å². The van der Waals surface area contributed by atoms with Gasteiger partial charge in [-0.25, -0.2) is 9.67 Å². The lowest BCUT2D eigenvalue weighted by atomic mass is 9.98. The summed E-state index contributed by atoms with van der Waals surface area (Å²) in [6.45, 7) is 10.8. The Morgan fingerprint density at radius 1 is 0.721 bits per heavy atom. The Morgan fingerprint density at radius 2 is 1.51 bits per heavy atom. The predicted molar refractivity (Wildman–Crippen MR) is 176 cm³/mol. The summed E-state index contributed by atoms with van der Waals surface area (Å²) in [4.78, 5) is 4.78. The molecular weight excluding hydrogens is 528 g/mol. The molecule has 0 atom stereocenters. The minimum Gasteiger partial charge on any atom is -0.457 e. The second-order valence-electron chi connectivity index (χ2n) is 11.7. The minimum absolute atomic E-state index is 0.413. The van der Waals surface area contributed by atoms with E-state index in [0.717, 1.165) is 45.2 Å². The molecule has 0 unspecified atom stereocenters. The summed E-state index contributed by atoms with van der Waals surface area (Å²) in [5.74, 6) is 2.85. The number of aryl methyl sites for hydroxylation is 3. The Hall–Kier alpha value is -5.16. The smallest absolute Gasteiger partial charge is 0.137 e. The molecule has 0 saturated carbocycles. The highest BCUT2D eigenvalue weighted by molar-refractivity contribution is 6.09. The maximum absolute atomic E-state index is 6.53. The van der Waals surface area contributed by atoms with Gasteiger partial charge in [0.25, 0.3) is 0 Å². The third-order valence-electron chi connectivity index (χ3n) is 8.20. The largest absolute Gasteiger partial charge is 0.457 e. The summed E-state index contributed by atoms with van der Waals surface area (Å²) in [6, 6.07) is 31.7. The van der Waals surface area contributed by atoms with Crippen LogP contribution in [0.4, 0.5) is 0 Å². The van der Waals surface area contributed by atoms with Gasteiger partial charge in [0, 0.05) is 40.9 Å². The number of para-hydroxylation sites is 1. The van der Waals surface area contributed by atoms with Crippen LogP contribution in [0.25, 0.3) is 44.4 Å². The molecule has 0 fully saturated rings. The fourth-order valence-electron chi connectivity index (χ4n) is 6.09. The molecule has 212 valence electrons. The van der Waals surface area contributed by atoms with Gasteiger partial charge in [-0.05, 0) is 97.0 Å². The van der Waals surface area contributed by atoms with E-state index in [9.17, 15) is 0 Å². The van der Waals surface area contributed by atoms with E-state index in [1.165, 1.54) is 33.0 Å². The highest BCUT2D eigenvalue weighted by Crippen LogP contribution is 2.36. The number of hydrogen-bond donors (Lipinski definition) is 0. The average molecular weight is 563 g/mol. The van der Waals surface area contributed by atoms with Crippen LogP contribution >= 0.6 is 0 Å². The second kappa shape index (κ2) is 10.6. The molecule has 43 heavy (non-hydrogen) atoms. The van der Waals surface area contributed by atoms with Crippen molar-refractivity contribution in [2.45, 2.75) is 40.5 Å². The van der Waals surface area contributed by atoms with Crippen LogP contribution in [0, 0.1) is 20.8 Å². The number of nitrogens with zero attached hydrogens (tertiary/aromatic N) is 4. The first kappa shape index (κ1) is 26.7. The quantitative estimate of drug-likeness (QED) is 0.203. The van der Waals surface area contributed by atoms with Crippen molar-refractivity contribution >= 4 is 21.8 Å². The Labute approximate surface area is 252 Å². The predicted octanol–water partition coefficient (Wildman–Crippen LogP) is 9.87. The van der Waals surface area contributed by atoms with Crippen molar-refractivity contribution in [2.24, 2.45) is 0 Å². The number of fused-ring (bicyclic) bond motifs is 3. The van der Waals surface area contributed by atoms with Crippen molar-refractivity contribution in [2.75, 3.05) is 0 Å². The molecule has 0 N–H and O–H groups in total. The molecule has 5 heteroatoms. The molecule has 0 amide bonds. The van der Waals surface area contributed by atoms with E-state index in [1.807, 2.05) is 29.2 Å². The molecule has 0 aliphatic heterocycles. The van der Waals surface area contributed by atoms with Gasteiger partial charge in [0.2, 0.25) is 0 Å². The Kier molecular flexibility index (Phi) is 6.58. The van der Waals surface area contributed by atoms with Gasteiger partial charge in [0.15, 0.2) is 0 Å². The van der Waals surface area contributed by atoms with Crippen molar-refractivity contribution in [3.8, 4) is 34.1 Å². The fraction of sp³-hybridized carbons (Fsp3) is 0.158. The van der Waals surface area contributed by atoms with E-state index in [2.05, 4.69) is 124 Å². The number of benzene rings is 4. The maximum Gasteiger partial charge on any atom is 0.137 e. The standard InChI is InChI=1S/C38H34N4O/c1-24(2)28-15-16-39-37(19-28)42-35-12-7-6-11-33(35)34-14-13-31(21-36(34)42)43-32-18-25(3)17-30(20-32)41-23-29(22-40-41)38-26(4)9-8-10-27(38)5/h6-24H,1-5H3. The van der Waals surface area contributed by atoms with Gasteiger partial charge >= 0.3 is 0 Å². The summed E-state index contributed by atoms with van der Waals surface area (Å²) < 4.78 is 10.7. The van der Waals surface area contributed by atoms with E-state index in [4.69, 9.17) is 14.8 Å². The molecule has 0 spiro atoms. The van der Waals surface area contributed by atoms with Crippen molar-refractivity contribution in [3.63, 3.8) is 0 Å². The van der Waals surface area contributed by atoms with Gasteiger partial charge in [-0.15, -0.1) is 0 Å². The topological polar surface area (TPSA) is 44.9 Å². The zero-order chi connectivity index (χ0) is 29.7. The molecule has 4 aromatic carbocycles. The van der Waals surface area contributed by atoms with Crippen LogP contribution < -0.4 is 4.74 Å². The Bertz CT molecular complexity index is 2110. The van der Waals surface area contributed by atoms with E-state index >= 15 is 0 Å². The molecule has 0 radical (unpaired) electrons. The summed E-state index contributed by atoms with van der Waals surface area (Å²) in [5.41, 5.74) is 10.3. The van der Waals surface area contributed by atoms with Gasteiger partial charge in [-0.3, -0.25) is 4.57 Å². The van der Waals surface area contributed by atoms with E-state index in [0.29, 0.717) is 5.92 Å². The number of ether oxygens (including phenoxy) is 1. The lowest BCUT2D eigenvalue weighted by Crippen LogP contribution is -1.99. The Balaban J connectivity index is 1.28. The number of aromatic nitrogens is 4. The molecule has 5 nitrogen and oxygen atoms in total. The van der Waals surface area contributed by atoms with Crippen LogP contribution in [-0.2, 0) is 0 Å². The highest BCUT2D eigenvalue weighted by Gasteiger charge is 2.16. The number of hydrogen-bond acceptors (Lipinski definition) is 3. The van der Waals surface area contributed by atoms with E-state index < -0.39 is 0 Å². The van der Waals surface area contributed by atoms with Crippen molar-refractivity contribution in [1.82, 2.24) is 19.3 Å². The lowest BCUT2D eigenvalue weighted by Gasteiger charge is -2.12. The molecule has 3 heterocycles. The van der Waals surface area contributed by atoms with Crippen molar-refractivity contribution in [1.29, 1.82) is 0 Å². The second-order valence-corrected chi connectivity index (χ2v) is 11.7. The summed E-state index contributed by atoms with van der Waals surface area (Å²) in [7, 11) is 0. The maximum atomic E-state index is 6.53. The first-order valence-electron chi connectivity index (χ1n) is 14.8. The van der Waals surface area contributed by atoms with Crippen molar-refractivity contribution < 1.29 is 4.74 Å². The first-order valence-corrected chi connectivity index (χ1v) is 14.8. The third kappa shape index (κ3) is 4.87. The van der Waals surface area contributed by atoms with Crippen LogP contribution in [0.15, 0.2) is 110 Å². The monoisotopic (exact) mass is 562 g/mol. The average Bonchev–Trinajstić information content (AvgIpc) is 3.60. The SMILES string of the molecule is Cc1cc(Oc2ccc3c4ccccc4n(-c4cc(C(C)C)ccn4)c3c2)cc(-n2cc(-c3c(C)cccc3C)cn2)c1. The first-order chi connectivity index (χ1) is 20.9. The van der Waals surface area contributed by atoms with Crippen LogP contribution in [0.2, 0.25) is 0 Å². The molecular formula is C38H34N4O. The van der Waals surface area contributed by atoms with Crippen LogP contribution in [0.3, 0.4) is 0 Å². The molecule has 7 rings (SSSR count). The number of pyridine rings is 1. The zero-order valence-electron chi connectivity index (χ0n) is 25.2. The van der Waals surface area contributed by atoms with Gasteiger partial charge in [0.05, 0.1) is 22.9 Å². The zero-order valence-corrected chi connectivity index (χ0v) is 25.2. The fourth-order valence-corrected chi connectivity index (χ4v) is 6.09. The normalized spacial score (nSPS) is 11.6. The summed E-state index contributed by atoms with van der Waals surface area (Å²) >= 11 is 0. The number of rotatable bonds is 6. The molecule has 0 saturated heterocycles. The van der Waals surface area contributed by atoms with Gasteiger partial charge in [-0.2, -0.15) is 5.10 Å². The molecule has 7 aromatic rings. The molecule has 0 bridgehead atoms. The third-order valence-corrected chi connectivity index (χ3v) is 8.20. The van der Waals surface area contributed by atoms with E-state index in [-0.39, 0.29) is 0 Å². The van der Waals surface area contributed by atoms with E-state index in [1.54, 1.807) is 0 Å². The van der Waals surface area contributed by atoms with Gasteiger partial charge in [0.1, 0.15) is 17.3 Å². The molecule has 3 aromatic heterocycles. The minimum atomic E-state index is 0.413. The van der Waals surface area contributed by atoms with Crippen molar-refractivity contribution in [3.05, 3.63) is 132 Å².